The first-order valence-electron chi connectivity index (χ1n) is 7.67. The van der Waals surface area contributed by atoms with Crippen LogP contribution in [0.15, 0.2) is 41.8 Å². The Balaban J connectivity index is 1.49. The highest BCUT2D eigenvalue weighted by Crippen LogP contribution is 2.21. The predicted molar refractivity (Wildman–Crippen MR) is 91.9 cm³/mol. The molecule has 6 heteroatoms. The van der Waals surface area contributed by atoms with Gasteiger partial charge in [0, 0.05) is 5.69 Å². The van der Waals surface area contributed by atoms with Crippen molar-refractivity contribution in [1.82, 2.24) is 0 Å². The van der Waals surface area contributed by atoms with Gasteiger partial charge in [-0.05, 0) is 23.6 Å². The lowest BCUT2D eigenvalue weighted by Gasteiger charge is -2.33. The fraction of sp³-hybridized carbons (Fsp3) is 0.294. The van der Waals surface area contributed by atoms with Crippen LogP contribution < -0.4 is 15.1 Å². The molecule has 0 saturated carbocycles. The molecule has 0 bridgehead atoms. The number of carbonyl (C=O) groups excluding carboxylic acids is 1. The van der Waals surface area contributed by atoms with Gasteiger partial charge < -0.3 is 15.1 Å². The van der Waals surface area contributed by atoms with Crippen LogP contribution in [0, 0.1) is 11.3 Å². The van der Waals surface area contributed by atoms with Gasteiger partial charge in [0.05, 0.1) is 31.7 Å². The molecule has 0 unspecified atom stereocenters. The summed E-state index contributed by atoms with van der Waals surface area (Å²) in [6.07, 6.45) is 0. The van der Waals surface area contributed by atoms with Gasteiger partial charge >= 0.3 is 0 Å². The third-order valence-corrected chi connectivity index (χ3v) is 4.87. The number of hydrogen-bond acceptors (Lipinski definition) is 4. The van der Waals surface area contributed by atoms with Gasteiger partial charge in [0.25, 0.3) is 5.91 Å². The Morgan fingerprint density at radius 2 is 2.00 bits per heavy atom. The van der Waals surface area contributed by atoms with E-state index in [4.69, 9.17) is 5.26 Å². The monoisotopic (exact) mass is 327 g/mol. The normalized spacial score (nSPS) is 15.2. The molecule has 1 aromatic heterocycles. The minimum Gasteiger partial charge on any atom is -0.360 e. The number of piperazine rings is 1. The minimum absolute atomic E-state index is 0.0212. The summed E-state index contributed by atoms with van der Waals surface area (Å²) in [4.78, 5) is 15.8. The topological polar surface area (TPSA) is 60.6 Å². The second-order valence-electron chi connectivity index (χ2n) is 5.57. The van der Waals surface area contributed by atoms with E-state index in [2.05, 4.69) is 40.6 Å². The summed E-state index contributed by atoms with van der Waals surface area (Å²) >= 11 is 1.39. The minimum atomic E-state index is -0.0212. The van der Waals surface area contributed by atoms with Crippen LogP contribution >= 0.6 is 11.3 Å². The zero-order chi connectivity index (χ0) is 16.1. The zero-order valence-corrected chi connectivity index (χ0v) is 13.6. The standard InChI is InChI=1S/C17H18N4OS/c18-12-14-6-11-23-17(14)19-16(22)13-20-7-9-21(10-8-20)15-4-2-1-3-5-15/h1-6,11H,7-10,13H2,(H,19,22)/p+1. The summed E-state index contributed by atoms with van der Waals surface area (Å²) in [6.45, 7) is 4.24. The number of nitrogens with zero attached hydrogens (tertiary/aromatic N) is 2. The molecule has 3 rings (SSSR count). The van der Waals surface area contributed by atoms with E-state index in [1.165, 1.54) is 21.9 Å². The molecule has 0 spiro atoms. The van der Waals surface area contributed by atoms with Gasteiger partial charge in [-0.2, -0.15) is 5.26 Å². The van der Waals surface area contributed by atoms with E-state index in [9.17, 15) is 4.79 Å². The molecule has 2 aromatic rings. The van der Waals surface area contributed by atoms with Crippen LogP contribution in [0.1, 0.15) is 5.56 Å². The molecule has 0 radical (unpaired) electrons. The average molecular weight is 327 g/mol. The van der Waals surface area contributed by atoms with Crippen molar-refractivity contribution in [3.8, 4) is 6.07 Å². The number of carbonyl (C=O) groups is 1. The van der Waals surface area contributed by atoms with Crippen molar-refractivity contribution in [1.29, 1.82) is 5.26 Å². The van der Waals surface area contributed by atoms with Crippen LogP contribution in [0.25, 0.3) is 0 Å². The summed E-state index contributed by atoms with van der Waals surface area (Å²) in [5.74, 6) is -0.0212. The quantitative estimate of drug-likeness (QED) is 0.879. The third kappa shape index (κ3) is 3.89. The number of amides is 1. The van der Waals surface area contributed by atoms with Crippen molar-refractivity contribution < 1.29 is 9.69 Å². The molecule has 23 heavy (non-hydrogen) atoms. The van der Waals surface area contributed by atoms with E-state index in [0.717, 1.165) is 26.2 Å². The molecule has 0 atom stereocenters. The Kier molecular flexibility index (Phi) is 4.91. The zero-order valence-electron chi connectivity index (χ0n) is 12.8. The molecule has 1 fully saturated rings. The molecule has 1 aromatic carbocycles. The molecule has 5 nitrogen and oxygen atoms in total. The largest absolute Gasteiger partial charge is 0.360 e. The Morgan fingerprint density at radius 3 is 2.70 bits per heavy atom. The lowest BCUT2D eigenvalue weighted by Crippen LogP contribution is -3.15. The second kappa shape index (κ2) is 7.27. The predicted octanol–water partition coefficient (Wildman–Crippen LogP) is 0.963. The van der Waals surface area contributed by atoms with E-state index >= 15 is 0 Å². The van der Waals surface area contributed by atoms with Crippen LogP contribution in [0.2, 0.25) is 0 Å². The first-order valence-corrected chi connectivity index (χ1v) is 8.55. The number of nitriles is 1. The SMILES string of the molecule is N#Cc1ccsc1NC(=O)C[NH+]1CCN(c2ccccc2)CC1. The van der Waals surface area contributed by atoms with Gasteiger partial charge in [-0.3, -0.25) is 4.79 Å². The van der Waals surface area contributed by atoms with Gasteiger partial charge in [0.1, 0.15) is 11.1 Å². The molecule has 2 N–H and O–H groups in total. The van der Waals surface area contributed by atoms with E-state index in [-0.39, 0.29) is 5.91 Å². The van der Waals surface area contributed by atoms with Crippen LogP contribution in [0.5, 0.6) is 0 Å². The maximum atomic E-state index is 12.2. The maximum absolute atomic E-state index is 12.2. The first kappa shape index (κ1) is 15.5. The van der Waals surface area contributed by atoms with Crippen molar-refractivity contribution in [2.45, 2.75) is 0 Å². The highest BCUT2D eigenvalue weighted by Gasteiger charge is 2.22. The van der Waals surface area contributed by atoms with Crippen molar-refractivity contribution >= 4 is 27.9 Å². The maximum Gasteiger partial charge on any atom is 0.280 e. The summed E-state index contributed by atoms with van der Waals surface area (Å²) in [5.41, 5.74) is 1.78. The van der Waals surface area contributed by atoms with Crippen molar-refractivity contribution in [3.05, 3.63) is 47.3 Å². The summed E-state index contributed by atoms with van der Waals surface area (Å²) in [7, 11) is 0. The number of para-hydroxylation sites is 1. The third-order valence-electron chi connectivity index (χ3n) is 4.04. The number of thiophene rings is 1. The molecule has 1 aliphatic heterocycles. The molecule has 1 saturated heterocycles. The molecule has 2 heterocycles. The highest BCUT2D eigenvalue weighted by atomic mass is 32.1. The van der Waals surface area contributed by atoms with E-state index in [1.54, 1.807) is 6.07 Å². The number of anilines is 2. The van der Waals surface area contributed by atoms with Gasteiger partial charge in [0.15, 0.2) is 6.54 Å². The van der Waals surface area contributed by atoms with E-state index in [0.29, 0.717) is 17.1 Å². The van der Waals surface area contributed by atoms with E-state index in [1.807, 2.05) is 11.4 Å². The number of nitrogens with one attached hydrogen (secondary N) is 2. The fourth-order valence-corrected chi connectivity index (χ4v) is 3.54. The van der Waals surface area contributed by atoms with Crippen molar-refractivity contribution in [2.24, 2.45) is 0 Å². The Hall–Kier alpha value is -2.36. The number of hydrogen-bond donors (Lipinski definition) is 2. The van der Waals surface area contributed by atoms with Gasteiger partial charge in [-0.15, -0.1) is 11.3 Å². The average Bonchev–Trinajstić information content (AvgIpc) is 3.03. The van der Waals surface area contributed by atoms with E-state index < -0.39 is 0 Å². The molecule has 1 amide bonds. The molecule has 0 aliphatic carbocycles. The van der Waals surface area contributed by atoms with Gasteiger partial charge in [-0.1, -0.05) is 18.2 Å². The van der Waals surface area contributed by atoms with Crippen LogP contribution in [-0.2, 0) is 4.79 Å². The lowest BCUT2D eigenvalue weighted by atomic mass is 10.2. The molecule has 1 aliphatic rings. The van der Waals surface area contributed by atoms with Gasteiger partial charge in [-0.25, -0.2) is 0 Å². The Morgan fingerprint density at radius 1 is 1.26 bits per heavy atom. The summed E-state index contributed by atoms with van der Waals surface area (Å²) in [5, 5.41) is 14.3. The lowest BCUT2D eigenvalue weighted by molar-refractivity contribution is -0.892. The molecule has 118 valence electrons. The Labute approximate surface area is 139 Å². The molecular formula is C17H19N4OS+. The van der Waals surface area contributed by atoms with Crippen molar-refractivity contribution in [2.75, 3.05) is 42.9 Å². The highest BCUT2D eigenvalue weighted by molar-refractivity contribution is 7.14. The number of quaternary nitrogens is 1. The van der Waals surface area contributed by atoms with Crippen LogP contribution in [0.3, 0.4) is 0 Å². The number of rotatable bonds is 4. The smallest absolute Gasteiger partial charge is 0.280 e. The van der Waals surface area contributed by atoms with Gasteiger partial charge in [0.2, 0.25) is 0 Å². The first-order chi connectivity index (χ1) is 11.3. The molecular weight excluding hydrogens is 308 g/mol. The summed E-state index contributed by atoms with van der Waals surface area (Å²) < 4.78 is 0. The van der Waals surface area contributed by atoms with Crippen LogP contribution in [-0.4, -0.2) is 38.6 Å². The fourth-order valence-electron chi connectivity index (χ4n) is 2.79. The second-order valence-corrected chi connectivity index (χ2v) is 6.49. The Bertz CT molecular complexity index is 699. The van der Waals surface area contributed by atoms with Crippen molar-refractivity contribution in [3.63, 3.8) is 0 Å². The van der Waals surface area contributed by atoms with Crippen LogP contribution in [0.4, 0.5) is 10.7 Å². The summed E-state index contributed by atoms with van der Waals surface area (Å²) in [6, 6.07) is 14.2. The number of benzene rings is 1.